The summed E-state index contributed by atoms with van der Waals surface area (Å²) in [6.45, 7) is 4.63. The van der Waals surface area contributed by atoms with Gasteiger partial charge in [0.1, 0.15) is 0 Å². The topological polar surface area (TPSA) is 73.1 Å². The maximum Gasteiger partial charge on any atom is 0.267 e. The zero-order valence-electron chi connectivity index (χ0n) is 13.8. The van der Waals surface area contributed by atoms with Crippen LogP contribution in [0.25, 0.3) is 0 Å². The van der Waals surface area contributed by atoms with E-state index in [9.17, 15) is 4.79 Å². The van der Waals surface area contributed by atoms with E-state index in [2.05, 4.69) is 20.0 Å². The van der Waals surface area contributed by atoms with E-state index in [-0.39, 0.29) is 11.6 Å². The third kappa shape index (κ3) is 2.91. The van der Waals surface area contributed by atoms with Crippen LogP contribution in [0.5, 0.6) is 0 Å². The van der Waals surface area contributed by atoms with Gasteiger partial charge in [-0.3, -0.25) is 4.79 Å². The lowest BCUT2D eigenvalue weighted by Crippen LogP contribution is -2.38. The zero-order chi connectivity index (χ0) is 16.5. The van der Waals surface area contributed by atoms with Gasteiger partial charge in [0.05, 0.1) is 31.5 Å². The maximum atomic E-state index is 12.4. The Kier molecular flexibility index (Phi) is 4.02. The molecule has 2 aliphatic rings. The monoisotopic (exact) mass is 327 g/mol. The molecule has 7 heteroatoms. The number of anilines is 1. The van der Waals surface area contributed by atoms with E-state index in [1.807, 2.05) is 19.3 Å². The molecule has 7 nitrogen and oxygen atoms in total. The van der Waals surface area contributed by atoms with Gasteiger partial charge in [0, 0.05) is 37.0 Å². The van der Waals surface area contributed by atoms with Crippen LogP contribution in [0.1, 0.15) is 29.7 Å². The minimum absolute atomic E-state index is 0.0593. The van der Waals surface area contributed by atoms with Crippen LogP contribution >= 0.6 is 0 Å². The maximum absolute atomic E-state index is 12.4. The summed E-state index contributed by atoms with van der Waals surface area (Å²) in [4.78, 5) is 23.4. The van der Waals surface area contributed by atoms with Gasteiger partial charge in [-0.25, -0.2) is 14.6 Å². The largest absolute Gasteiger partial charge is 0.376 e. The number of ether oxygens (including phenoxy) is 1. The molecule has 4 heterocycles. The van der Waals surface area contributed by atoms with Crippen LogP contribution in [-0.2, 0) is 24.3 Å². The molecular weight excluding hydrogens is 306 g/mol. The molecule has 1 atom stereocenters. The minimum Gasteiger partial charge on any atom is -0.376 e. The van der Waals surface area contributed by atoms with Crippen molar-refractivity contribution in [1.29, 1.82) is 0 Å². The third-order valence-corrected chi connectivity index (χ3v) is 4.69. The van der Waals surface area contributed by atoms with Crippen LogP contribution in [0.3, 0.4) is 0 Å². The fraction of sp³-hybridized carbons (Fsp3) is 0.529. The van der Waals surface area contributed by atoms with E-state index in [0.717, 1.165) is 48.6 Å². The molecule has 2 aromatic heterocycles. The smallest absolute Gasteiger partial charge is 0.267 e. The summed E-state index contributed by atoms with van der Waals surface area (Å²) in [5, 5.41) is 4.58. The number of aromatic nitrogens is 4. The van der Waals surface area contributed by atoms with Gasteiger partial charge in [-0.1, -0.05) is 0 Å². The van der Waals surface area contributed by atoms with E-state index in [4.69, 9.17) is 4.74 Å². The van der Waals surface area contributed by atoms with Crippen molar-refractivity contribution in [3.05, 3.63) is 45.6 Å². The number of aryl methyl sites for hydroxylation is 1. The summed E-state index contributed by atoms with van der Waals surface area (Å²) >= 11 is 0. The fourth-order valence-electron chi connectivity index (χ4n) is 3.41. The highest BCUT2D eigenvalue weighted by Crippen LogP contribution is 2.23. The lowest BCUT2D eigenvalue weighted by molar-refractivity contribution is 0.108. The van der Waals surface area contributed by atoms with Crippen molar-refractivity contribution in [2.24, 2.45) is 0 Å². The molecule has 0 N–H and O–H groups in total. The number of hydrogen-bond donors (Lipinski definition) is 0. The quantitative estimate of drug-likeness (QED) is 0.840. The normalized spacial score (nSPS) is 20.2. The van der Waals surface area contributed by atoms with Crippen molar-refractivity contribution in [1.82, 2.24) is 19.7 Å². The summed E-state index contributed by atoms with van der Waals surface area (Å²) in [6, 6.07) is 1.87. The molecule has 0 amide bonds. The molecule has 1 unspecified atom stereocenters. The number of nitrogens with zero attached hydrogens (tertiary/aromatic N) is 5. The second-order valence-corrected chi connectivity index (χ2v) is 6.49. The van der Waals surface area contributed by atoms with Crippen LogP contribution in [0.4, 0.5) is 5.95 Å². The second kappa shape index (κ2) is 6.32. The summed E-state index contributed by atoms with van der Waals surface area (Å²) < 4.78 is 6.99. The van der Waals surface area contributed by atoms with Crippen molar-refractivity contribution in [2.45, 2.75) is 45.4 Å². The number of rotatable bonds is 3. The highest BCUT2D eigenvalue weighted by Gasteiger charge is 2.28. The molecule has 0 aromatic carbocycles. The van der Waals surface area contributed by atoms with E-state index in [1.165, 1.54) is 0 Å². The van der Waals surface area contributed by atoms with Crippen LogP contribution < -0.4 is 10.5 Å². The summed E-state index contributed by atoms with van der Waals surface area (Å²) in [5.41, 5.74) is 2.89. The first-order valence-corrected chi connectivity index (χ1v) is 8.43. The van der Waals surface area contributed by atoms with E-state index >= 15 is 0 Å². The first-order chi connectivity index (χ1) is 11.7. The van der Waals surface area contributed by atoms with Crippen molar-refractivity contribution in [3.63, 3.8) is 0 Å². The van der Waals surface area contributed by atoms with E-state index in [0.29, 0.717) is 19.8 Å². The van der Waals surface area contributed by atoms with Gasteiger partial charge in [0.15, 0.2) is 0 Å². The van der Waals surface area contributed by atoms with Crippen molar-refractivity contribution < 1.29 is 4.74 Å². The number of hydrogen-bond acceptors (Lipinski definition) is 6. The molecule has 2 aromatic rings. The Hall–Kier alpha value is -2.28. The van der Waals surface area contributed by atoms with Gasteiger partial charge in [0.2, 0.25) is 5.95 Å². The summed E-state index contributed by atoms with van der Waals surface area (Å²) in [5.74, 6) is 0.738. The van der Waals surface area contributed by atoms with Crippen molar-refractivity contribution in [2.75, 3.05) is 18.1 Å². The van der Waals surface area contributed by atoms with Crippen LogP contribution in [0, 0.1) is 6.92 Å². The summed E-state index contributed by atoms with van der Waals surface area (Å²) in [7, 11) is 0. The number of fused-ring (bicyclic) bond motifs is 1. The predicted molar refractivity (Wildman–Crippen MR) is 89.0 cm³/mol. The van der Waals surface area contributed by atoms with E-state index < -0.39 is 0 Å². The molecule has 1 saturated heterocycles. The zero-order valence-corrected chi connectivity index (χ0v) is 13.8. The lowest BCUT2D eigenvalue weighted by Gasteiger charge is -2.25. The Morgan fingerprint density at radius 1 is 1.33 bits per heavy atom. The highest BCUT2D eigenvalue weighted by atomic mass is 16.5. The van der Waals surface area contributed by atoms with Gasteiger partial charge in [0.25, 0.3) is 5.56 Å². The van der Waals surface area contributed by atoms with Crippen LogP contribution in [0.15, 0.2) is 23.3 Å². The molecule has 0 bridgehead atoms. The highest BCUT2D eigenvalue weighted by molar-refractivity contribution is 5.33. The second-order valence-electron chi connectivity index (χ2n) is 6.49. The van der Waals surface area contributed by atoms with Gasteiger partial charge in [-0.05, 0) is 25.3 Å². The van der Waals surface area contributed by atoms with Crippen LogP contribution in [-0.4, -0.2) is 38.9 Å². The molecule has 0 aliphatic carbocycles. The van der Waals surface area contributed by atoms with Crippen LogP contribution in [0.2, 0.25) is 0 Å². The van der Waals surface area contributed by atoms with Gasteiger partial charge in [-0.2, -0.15) is 5.10 Å². The molecule has 24 heavy (non-hydrogen) atoms. The first kappa shape index (κ1) is 15.3. The predicted octanol–water partition coefficient (Wildman–Crippen LogP) is 1.08. The third-order valence-electron chi connectivity index (χ3n) is 4.69. The molecule has 0 spiro atoms. The Labute approximate surface area is 140 Å². The molecule has 126 valence electrons. The summed E-state index contributed by atoms with van der Waals surface area (Å²) in [6.07, 6.45) is 6.54. The fourth-order valence-corrected chi connectivity index (χ4v) is 3.41. The molecule has 0 radical (unpaired) electrons. The van der Waals surface area contributed by atoms with Gasteiger partial charge >= 0.3 is 0 Å². The van der Waals surface area contributed by atoms with Gasteiger partial charge in [-0.15, -0.1) is 0 Å². The van der Waals surface area contributed by atoms with Crippen molar-refractivity contribution in [3.8, 4) is 0 Å². The molecule has 1 fully saturated rings. The molecule has 0 saturated carbocycles. The first-order valence-electron chi connectivity index (χ1n) is 8.43. The average molecular weight is 327 g/mol. The Morgan fingerprint density at radius 2 is 2.17 bits per heavy atom. The Balaban J connectivity index is 1.58. The average Bonchev–Trinajstić information content (AvgIpc) is 3.04. The molecule has 2 aliphatic heterocycles. The minimum atomic E-state index is -0.0593. The molecular formula is C17H21N5O2. The molecule has 4 rings (SSSR count). The Bertz CT molecular complexity index is 787. The van der Waals surface area contributed by atoms with Crippen molar-refractivity contribution >= 4 is 5.95 Å². The van der Waals surface area contributed by atoms with Gasteiger partial charge < -0.3 is 9.64 Å². The van der Waals surface area contributed by atoms with E-state index in [1.54, 1.807) is 10.7 Å². The standard InChI is InChI=1S/C17H21N5O2/c1-12-8-18-17(19-9-12)21-5-2-3-14(21)10-22-16(23)7-13-11-24-6-4-15(13)20-22/h7-9,14H,2-6,10-11H2,1H3. The Morgan fingerprint density at radius 3 is 3.00 bits per heavy atom. The lowest BCUT2D eigenvalue weighted by atomic mass is 10.1. The SMILES string of the molecule is Cc1cnc(N2CCCC2Cn2nc3c(cc2=O)COCC3)nc1.